The first kappa shape index (κ1) is 28.6. The number of ether oxygens (including phenoxy) is 2. The molecule has 244 valence electrons. The number of benzene rings is 7. The molecule has 2 aliphatic rings. The van der Waals surface area contributed by atoms with Crippen LogP contribution in [-0.2, 0) is 0 Å². The summed E-state index contributed by atoms with van der Waals surface area (Å²) < 4.78 is 15.8. The number of nitrogens with zero attached hydrogens (tertiary/aromatic N) is 5. The lowest BCUT2D eigenvalue weighted by molar-refractivity contribution is 0.449. The Balaban J connectivity index is 1.16. The van der Waals surface area contributed by atoms with Crippen molar-refractivity contribution < 1.29 is 9.47 Å². The smallest absolute Gasteiger partial charge is 0.180 e. The zero-order chi connectivity index (χ0) is 34.2. The third-order valence-corrected chi connectivity index (χ3v) is 9.78. The monoisotopic (exact) mass is 669 g/mol. The van der Waals surface area contributed by atoms with Crippen LogP contribution in [0.2, 0.25) is 0 Å². The summed E-state index contributed by atoms with van der Waals surface area (Å²) in [5, 5.41) is 2.13. The predicted molar refractivity (Wildman–Crippen MR) is 205 cm³/mol. The van der Waals surface area contributed by atoms with E-state index in [0.29, 0.717) is 17.5 Å². The van der Waals surface area contributed by atoms with Gasteiger partial charge in [0.05, 0.1) is 22.4 Å². The fourth-order valence-corrected chi connectivity index (χ4v) is 7.49. The van der Waals surface area contributed by atoms with Crippen LogP contribution in [0.3, 0.4) is 0 Å². The van der Waals surface area contributed by atoms with Crippen molar-refractivity contribution in [3.63, 3.8) is 0 Å². The highest BCUT2D eigenvalue weighted by Gasteiger charge is 2.37. The first-order valence-corrected chi connectivity index (χ1v) is 17.2. The zero-order valence-corrected chi connectivity index (χ0v) is 27.6. The van der Waals surface area contributed by atoms with Crippen molar-refractivity contribution in [2.24, 2.45) is 0 Å². The number of rotatable bonds is 4. The Kier molecular flexibility index (Phi) is 6.12. The van der Waals surface area contributed by atoms with Crippen LogP contribution in [0.15, 0.2) is 164 Å². The average molecular weight is 670 g/mol. The lowest BCUT2D eigenvalue weighted by Crippen LogP contribution is -2.20. The van der Waals surface area contributed by atoms with Crippen molar-refractivity contribution in [2.75, 3.05) is 4.90 Å². The normalized spacial score (nSPS) is 12.5. The summed E-state index contributed by atoms with van der Waals surface area (Å²) in [6, 6.07) is 55.4. The van der Waals surface area contributed by atoms with Gasteiger partial charge in [-0.25, -0.2) is 15.0 Å². The maximum atomic E-state index is 6.91. The second kappa shape index (κ2) is 11.1. The minimum atomic E-state index is 0.593. The SMILES string of the molecule is c1ccc(-c2nc(-c3ccccc3)nc(-c3cccc(-n4c5ccccc5c5cc6c7c(c54)Oc4ccccc4N7c4ccccc4O6)c3)n2)cc1. The van der Waals surface area contributed by atoms with Crippen molar-refractivity contribution in [1.82, 2.24) is 19.5 Å². The average Bonchev–Trinajstić information content (AvgIpc) is 3.55. The van der Waals surface area contributed by atoms with E-state index in [9.17, 15) is 0 Å². The number of hydrogen-bond donors (Lipinski definition) is 0. The van der Waals surface area contributed by atoms with Crippen molar-refractivity contribution in [3.8, 4) is 62.8 Å². The predicted octanol–water partition coefficient (Wildman–Crippen LogP) is 11.7. The van der Waals surface area contributed by atoms with Gasteiger partial charge < -0.3 is 14.0 Å². The van der Waals surface area contributed by atoms with E-state index >= 15 is 0 Å². The number of para-hydroxylation sites is 5. The molecule has 0 spiro atoms. The molecular weight excluding hydrogens is 643 g/mol. The summed E-state index contributed by atoms with van der Waals surface area (Å²) in [4.78, 5) is 17.2. The molecule has 7 heteroatoms. The molecule has 52 heavy (non-hydrogen) atoms. The van der Waals surface area contributed by atoms with E-state index in [1.54, 1.807) is 0 Å². The van der Waals surface area contributed by atoms with E-state index in [0.717, 1.165) is 84.2 Å². The molecule has 0 atom stereocenters. The summed E-state index contributed by atoms with van der Waals surface area (Å²) in [6.45, 7) is 0. The van der Waals surface area contributed by atoms with Crippen molar-refractivity contribution >= 4 is 38.9 Å². The summed E-state index contributed by atoms with van der Waals surface area (Å²) in [7, 11) is 0. The van der Waals surface area contributed by atoms with Gasteiger partial charge in [-0.1, -0.05) is 115 Å². The van der Waals surface area contributed by atoms with Gasteiger partial charge in [0.2, 0.25) is 0 Å². The second-order valence-electron chi connectivity index (χ2n) is 12.9. The van der Waals surface area contributed by atoms with E-state index in [1.807, 2.05) is 97.1 Å². The number of hydrogen-bond acceptors (Lipinski definition) is 6. The molecule has 0 fully saturated rings. The molecular formula is C45H27N5O2. The van der Waals surface area contributed by atoms with Gasteiger partial charge in [0.1, 0.15) is 5.69 Å². The van der Waals surface area contributed by atoms with E-state index in [-0.39, 0.29) is 0 Å². The van der Waals surface area contributed by atoms with Crippen molar-refractivity contribution in [1.29, 1.82) is 0 Å². The van der Waals surface area contributed by atoms with Crippen molar-refractivity contribution in [3.05, 3.63) is 164 Å². The molecule has 0 saturated carbocycles. The molecule has 0 N–H and O–H groups in total. The van der Waals surface area contributed by atoms with Crippen LogP contribution in [0.5, 0.6) is 23.0 Å². The van der Waals surface area contributed by atoms with Gasteiger partial charge in [-0.15, -0.1) is 0 Å². The number of anilines is 3. The van der Waals surface area contributed by atoms with Crippen LogP contribution < -0.4 is 14.4 Å². The standard InChI is InChI=1S/C45H27N5O2/c1-3-14-28(15-4-1)43-46-44(29-16-5-2-6-17-29)48-45(47-43)30-18-13-19-31(26-30)49-34-21-8-7-20-32(34)33-27-39-41-42(40(33)49)52-38-25-12-10-23-36(38)50(41)35-22-9-11-24-37(35)51-39/h1-27H. The van der Waals surface area contributed by atoms with Crippen LogP contribution >= 0.6 is 0 Å². The molecule has 0 radical (unpaired) electrons. The van der Waals surface area contributed by atoms with Gasteiger partial charge in [-0.2, -0.15) is 0 Å². The lowest BCUT2D eigenvalue weighted by atomic mass is 10.0. The van der Waals surface area contributed by atoms with E-state index in [1.165, 1.54) is 0 Å². The highest BCUT2D eigenvalue weighted by Crippen LogP contribution is 2.62. The highest BCUT2D eigenvalue weighted by atomic mass is 16.5. The maximum Gasteiger partial charge on any atom is 0.180 e. The first-order valence-electron chi connectivity index (χ1n) is 17.2. The number of aromatic nitrogens is 4. The van der Waals surface area contributed by atoms with Crippen molar-refractivity contribution in [2.45, 2.75) is 0 Å². The third-order valence-electron chi connectivity index (χ3n) is 9.78. The number of fused-ring (bicyclic) bond motifs is 8. The molecule has 0 aliphatic carbocycles. The Morgan fingerprint density at radius 3 is 1.67 bits per heavy atom. The van der Waals surface area contributed by atoms with Gasteiger partial charge >= 0.3 is 0 Å². The fraction of sp³-hybridized carbons (Fsp3) is 0. The molecule has 0 amide bonds. The molecule has 9 aromatic rings. The van der Waals surface area contributed by atoms with E-state index in [2.05, 4.69) is 76.2 Å². The van der Waals surface area contributed by atoms with E-state index < -0.39 is 0 Å². The summed E-state index contributed by atoms with van der Waals surface area (Å²) in [5.41, 5.74) is 8.49. The minimum absolute atomic E-state index is 0.593. The summed E-state index contributed by atoms with van der Waals surface area (Å²) in [6.07, 6.45) is 0. The van der Waals surface area contributed by atoms with Crippen LogP contribution in [0.1, 0.15) is 0 Å². The van der Waals surface area contributed by atoms with Crippen LogP contribution in [-0.4, -0.2) is 19.5 Å². The molecule has 7 nitrogen and oxygen atoms in total. The van der Waals surface area contributed by atoms with Gasteiger partial charge in [0, 0.05) is 33.2 Å². The Hall–Kier alpha value is -7.25. The Bertz CT molecular complexity index is 2800. The minimum Gasteiger partial charge on any atom is -0.453 e. The maximum absolute atomic E-state index is 6.91. The third kappa shape index (κ3) is 4.29. The molecule has 4 heterocycles. The van der Waals surface area contributed by atoms with Gasteiger partial charge in [0.15, 0.2) is 40.5 Å². The quantitative estimate of drug-likeness (QED) is 0.186. The molecule has 7 aromatic carbocycles. The lowest BCUT2D eigenvalue weighted by Gasteiger charge is -2.38. The highest BCUT2D eigenvalue weighted by molar-refractivity contribution is 6.15. The Morgan fingerprint density at radius 1 is 0.423 bits per heavy atom. The topological polar surface area (TPSA) is 65.3 Å². The molecule has 0 saturated heterocycles. The van der Waals surface area contributed by atoms with Crippen LogP contribution in [0.4, 0.5) is 17.1 Å². The van der Waals surface area contributed by atoms with Gasteiger partial charge in [-0.05, 0) is 48.5 Å². The molecule has 0 bridgehead atoms. The fourth-order valence-electron chi connectivity index (χ4n) is 7.49. The van der Waals surface area contributed by atoms with Crippen LogP contribution in [0, 0.1) is 0 Å². The summed E-state index contributed by atoms with van der Waals surface area (Å²) >= 11 is 0. The first-order chi connectivity index (χ1) is 25.8. The largest absolute Gasteiger partial charge is 0.453 e. The molecule has 2 aliphatic heterocycles. The molecule has 11 rings (SSSR count). The van der Waals surface area contributed by atoms with Gasteiger partial charge in [0.25, 0.3) is 0 Å². The summed E-state index contributed by atoms with van der Waals surface area (Å²) in [5.74, 6) is 4.90. The van der Waals surface area contributed by atoms with E-state index in [4.69, 9.17) is 24.4 Å². The van der Waals surface area contributed by atoms with Gasteiger partial charge in [-0.3, -0.25) is 4.90 Å². The Morgan fingerprint density at radius 2 is 0.981 bits per heavy atom. The Labute approximate surface area is 298 Å². The molecule has 2 aromatic heterocycles. The second-order valence-corrected chi connectivity index (χ2v) is 12.9. The van der Waals surface area contributed by atoms with Crippen LogP contribution in [0.25, 0.3) is 61.7 Å². The molecule has 0 unspecified atom stereocenters. The zero-order valence-electron chi connectivity index (χ0n) is 27.6.